The van der Waals surface area contributed by atoms with E-state index in [2.05, 4.69) is 20.7 Å². The van der Waals surface area contributed by atoms with Crippen molar-refractivity contribution >= 4 is 41.4 Å². The number of rotatable bonds is 17. The number of esters is 1. The molecule has 1 aromatic carbocycles. The summed E-state index contributed by atoms with van der Waals surface area (Å²) in [4.78, 5) is 74.1. The summed E-state index contributed by atoms with van der Waals surface area (Å²) in [7, 11) is 1.12. The van der Waals surface area contributed by atoms with Gasteiger partial charge in [0.25, 0.3) is 5.91 Å². The van der Waals surface area contributed by atoms with Gasteiger partial charge in [0.15, 0.2) is 5.60 Å². The minimum atomic E-state index is -5.96. The molecule has 1 aliphatic rings. The minimum absolute atomic E-state index is 0.00117. The molecular weight excluding hydrogens is 720 g/mol. The number of nitrogens with zero attached hydrogens (tertiary/aromatic N) is 1. The number of fused-ring (bicyclic) bond motifs is 1. The number of benzene rings is 1. The summed E-state index contributed by atoms with van der Waals surface area (Å²) in [5.74, 6) is -10.3. The highest BCUT2D eigenvalue weighted by Gasteiger charge is 2.57. The Morgan fingerprint density at radius 2 is 1.69 bits per heavy atom. The molecule has 0 bridgehead atoms. The predicted octanol–water partition coefficient (Wildman–Crippen LogP) is 0.690. The van der Waals surface area contributed by atoms with E-state index in [4.69, 9.17) is 14.2 Å². The van der Waals surface area contributed by atoms with Gasteiger partial charge in [-0.3, -0.25) is 24.5 Å². The van der Waals surface area contributed by atoms with Crippen molar-refractivity contribution in [3.63, 3.8) is 0 Å². The maximum Gasteiger partial charge on any atom is 0.508 e. The third-order valence-corrected chi connectivity index (χ3v) is 7.27. The summed E-state index contributed by atoms with van der Waals surface area (Å²) in [6, 6.07) is 0.702. The molecule has 0 unspecified atom stereocenters. The van der Waals surface area contributed by atoms with Crippen LogP contribution in [0.3, 0.4) is 0 Å². The SMILES string of the molecule is COC(=O)[C@H](CCC(=O)NCCOC(=O)OCCN1C(=O)[C@@H](NC[C@](C)(O)C(=O)NCC(F)(F)C(F)(F)F)[C@@H](C)Oc2ccc(F)cc21)NC(C)=O. The second-order valence-electron chi connectivity index (χ2n) is 11.6. The zero-order valence-electron chi connectivity index (χ0n) is 28.4. The first-order chi connectivity index (χ1) is 24.1. The zero-order valence-corrected chi connectivity index (χ0v) is 28.4. The number of amides is 4. The number of ether oxygens (including phenoxy) is 4. The van der Waals surface area contributed by atoms with Crippen LogP contribution in [0.1, 0.15) is 33.6 Å². The molecule has 22 heteroatoms. The molecule has 0 saturated heterocycles. The number of carbonyl (C=O) groups is 6. The number of anilines is 1. The molecule has 0 aliphatic carbocycles. The number of nitrogens with one attached hydrogen (secondary N) is 4. The monoisotopic (exact) mass is 759 g/mol. The molecule has 4 atom stereocenters. The lowest BCUT2D eigenvalue weighted by Crippen LogP contribution is -2.60. The molecule has 1 aromatic rings. The number of hydrogen-bond acceptors (Lipinski definition) is 12. The van der Waals surface area contributed by atoms with Gasteiger partial charge in [-0.15, -0.1) is 0 Å². The van der Waals surface area contributed by atoms with E-state index < -0.39 is 104 Å². The molecule has 1 heterocycles. The molecule has 292 valence electrons. The van der Waals surface area contributed by atoms with Crippen molar-refractivity contribution in [3.8, 4) is 5.75 Å². The summed E-state index contributed by atoms with van der Waals surface area (Å²) in [5.41, 5.74) is -2.71. The van der Waals surface area contributed by atoms with Crippen molar-refractivity contribution in [1.82, 2.24) is 21.3 Å². The molecule has 1 aliphatic heterocycles. The van der Waals surface area contributed by atoms with Crippen molar-refractivity contribution in [1.29, 1.82) is 0 Å². The first-order valence-corrected chi connectivity index (χ1v) is 15.5. The van der Waals surface area contributed by atoms with Crippen LogP contribution in [-0.2, 0) is 38.2 Å². The second kappa shape index (κ2) is 18.6. The normalized spacial score (nSPS) is 17.7. The van der Waals surface area contributed by atoms with Gasteiger partial charge in [-0.1, -0.05) is 0 Å². The van der Waals surface area contributed by atoms with Crippen LogP contribution >= 0.6 is 0 Å². The van der Waals surface area contributed by atoms with E-state index in [-0.39, 0.29) is 37.4 Å². The van der Waals surface area contributed by atoms with E-state index in [1.54, 1.807) is 0 Å². The van der Waals surface area contributed by atoms with Gasteiger partial charge in [-0.05, 0) is 32.4 Å². The Hall–Kier alpha value is -4.86. The molecule has 4 amide bonds. The topological polar surface area (TPSA) is 211 Å². The quantitative estimate of drug-likeness (QED) is 0.0845. The Labute approximate surface area is 292 Å². The number of carbonyl (C=O) groups excluding carboxylic acids is 6. The number of alkyl halides is 5. The fraction of sp³-hybridized carbons (Fsp3) is 0.600. The van der Waals surface area contributed by atoms with Crippen LogP contribution in [0.15, 0.2) is 18.2 Å². The summed E-state index contributed by atoms with van der Waals surface area (Å²) < 4.78 is 98.3. The van der Waals surface area contributed by atoms with Gasteiger partial charge in [0.05, 0.1) is 32.4 Å². The van der Waals surface area contributed by atoms with Gasteiger partial charge in [0.2, 0.25) is 17.7 Å². The molecule has 16 nitrogen and oxygen atoms in total. The highest BCUT2D eigenvalue weighted by Crippen LogP contribution is 2.35. The third-order valence-electron chi connectivity index (χ3n) is 7.27. The van der Waals surface area contributed by atoms with Crippen molar-refractivity contribution < 1.29 is 79.2 Å². The Bertz CT molecular complexity index is 1460. The fourth-order valence-electron chi connectivity index (χ4n) is 4.50. The molecule has 0 saturated carbocycles. The van der Waals surface area contributed by atoms with Crippen molar-refractivity contribution in [2.24, 2.45) is 0 Å². The molecule has 5 N–H and O–H groups in total. The molecular formula is C30H39F6N5O11. The average Bonchev–Trinajstić information content (AvgIpc) is 3.14. The minimum Gasteiger partial charge on any atom is -0.486 e. The van der Waals surface area contributed by atoms with Crippen LogP contribution in [0.4, 0.5) is 36.8 Å². The van der Waals surface area contributed by atoms with E-state index in [0.717, 1.165) is 31.1 Å². The van der Waals surface area contributed by atoms with E-state index in [9.17, 15) is 60.2 Å². The van der Waals surface area contributed by atoms with E-state index in [0.29, 0.717) is 0 Å². The van der Waals surface area contributed by atoms with Crippen LogP contribution in [0.2, 0.25) is 0 Å². The van der Waals surface area contributed by atoms with Gasteiger partial charge >= 0.3 is 24.2 Å². The first-order valence-electron chi connectivity index (χ1n) is 15.5. The zero-order chi connectivity index (χ0) is 39.4. The maximum absolute atomic E-state index is 14.2. The molecule has 2 rings (SSSR count). The second-order valence-corrected chi connectivity index (χ2v) is 11.6. The van der Waals surface area contributed by atoms with Crippen LogP contribution in [0.25, 0.3) is 0 Å². The third kappa shape index (κ3) is 12.7. The lowest BCUT2D eigenvalue weighted by atomic mass is 10.0. The molecule has 0 fully saturated rings. The lowest BCUT2D eigenvalue weighted by molar-refractivity contribution is -0.279. The molecule has 0 radical (unpaired) electrons. The van der Waals surface area contributed by atoms with E-state index >= 15 is 0 Å². The maximum atomic E-state index is 14.2. The summed E-state index contributed by atoms with van der Waals surface area (Å²) in [6.07, 6.45) is -8.51. The highest BCUT2D eigenvalue weighted by atomic mass is 19.4. The largest absolute Gasteiger partial charge is 0.508 e. The molecule has 0 spiro atoms. The van der Waals surface area contributed by atoms with Gasteiger partial charge < -0.3 is 44.9 Å². The van der Waals surface area contributed by atoms with Gasteiger partial charge in [-0.2, -0.15) is 22.0 Å². The van der Waals surface area contributed by atoms with Crippen molar-refractivity contribution in [2.45, 2.75) is 69.5 Å². The summed E-state index contributed by atoms with van der Waals surface area (Å²) in [5, 5.41) is 19.2. The highest BCUT2D eigenvalue weighted by molar-refractivity contribution is 5.99. The molecule has 0 aromatic heterocycles. The van der Waals surface area contributed by atoms with Crippen molar-refractivity contribution in [3.05, 3.63) is 24.0 Å². The number of halogens is 6. The summed E-state index contributed by atoms with van der Waals surface area (Å²) in [6.45, 7) is -1.10. The lowest BCUT2D eigenvalue weighted by Gasteiger charge is -2.30. The number of hydrogen-bond donors (Lipinski definition) is 5. The smallest absolute Gasteiger partial charge is 0.486 e. The van der Waals surface area contributed by atoms with Crippen LogP contribution in [-0.4, -0.2) is 123 Å². The van der Waals surface area contributed by atoms with Crippen LogP contribution < -0.4 is 30.9 Å². The average molecular weight is 760 g/mol. The van der Waals surface area contributed by atoms with Crippen LogP contribution in [0.5, 0.6) is 5.75 Å². The Kier molecular flexibility index (Phi) is 15.5. The first kappa shape index (κ1) is 43.3. The molecule has 52 heavy (non-hydrogen) atoms. The van der Waals surface area contributed by atoms with E-state index in [1.165, 1.54) is 25.2 Å². The van der Waals surface area contributed by atoms with Gasteiger partial charge in [0.1, 0.15) is 43.0 Å². The Balaban J connectivity index is 1.96. The Morgan fingerprint density at radius 3 is 2.31 bits per heavy atom. The number of aliphatic hydroxyl groups is 1. The van der Waals surface area contributed by atoms with Gasteiger partial charge in [0, 0.05) is 26.0 Å². The summed E-state index contributed by atoms with van der Waals surface area (Å²) >= 11 is 0. The predicted molar refractivity (Wildman–Crippen MR) is 164 cm³/mol. The number of methoxy groups -OCH3 is 1. The fourth-order valence-corrected chi connectivity index (χ4v) is 4.50. The Morgan fingerprint density at radius 1 is 1.04 bits per heavy atom. The van der Waals surface area contributed by atoms with Crippen LogP contribution in [0, 0.1) is 5.82 Å². The standard InChI is InChI=1S/C30H39F6N5O11/c1-16-23(38-14-28(3,48)26(46)39-15-29(32,33)30(34,35)36)24(44)41(20-13-18(31)5-7-21(20)52-16)10-12-51-27(47)50-11-9-37-22(43)8-6-19(25(45)49-4)40-17(2)42/h5,7,13,16,19,23,38,48H,6,8-12,14-15H2,1-4H3,(H,37,43)(H,39,46)(H,40,42)/t16-,19+,23+,28+/m1/s1. The van der Waals surface area contributed by atoms with Crippen molar-refractivity contribution in [2.75, 3.05) is 51.4 Å². The van der Waals surface area contributed by atoms with E-state index in [1.807, 2.05) is 0 Å². The van der Waals surface area contributed by atoms with Gasteiger partial charge in [-0.25, -0.2) is 14.0 Å².